The summed E-state index contributed by atoms with van der Waals surface area (Å²) < 4.78 is 0. The summed E-state index contributed by atoms with van der Waals surface area (Å²) >= 11 is 0. The van der Waals surface area contributed by atoms with Gasteiger partial charge in [0.15, 0.2) is 0 Å². The van der Waals surface area contributed by atoms with Gasteiger partial charge in [0, 0.05) is 48.0 Å². The van der Waals surface area contributed by atoms with E-state index in [1.807, 2.05) is 66.6 Å². The third-order valence-electron chi connectivity index (χ3n) is 7.67. The Morgan fingerprint density at radius 3 is 2.42 bits per heavy atom. The summed E-state index contributed by atoms with van der Waals surface area (Å²) in [6.07, 6.45) is 8.04. The minimum absolute atomic E-state index is 0. The predicted molar refractivity (Wildman–Crippen MR) is 148 cm³/mol. The molecule has 2 saturated heterocycles. The van der Waals surface area contributed by atoms with E-state index < -0.39 is 0 Å². The minimum atomic E-state index is -0.154. The Kier molecular flexibility index (Phi) is 8.70. The number of anilines is 1. The van der Waals surface area contributed by atoms with Gasteiger partial charge < -0.3 is 14.8 Å². The number of aryl methyl sites for hydroxylation is 1. The van der Waals surface area contributed by atoms with Crippen molar-refractivity contribution in [1.82, 2.24) is 14.8 Å². The lowest BCUT2D eigenvalue weighted by atomic mass is 9.95. The van der Waals surface area contributed by atoms with Crippen LogP contribution in [0.4, 0.5) is 5.69 Å². The summed E-state index contributed by atoms with van der Waals surface area (Å²) in [7, 11) is 0. The van der Waals surface area contributed by atoms with E-state index in [0.29, 0.717) is 11.5 Å². The molecule has 6 nitrogen and oxygen atoms in total. The fourth-order valence-electron chi connectivity index (χ4n) is 5.56. The van der Waals surface area contributed by atoms with E-state index in [0.717, 1.165) is 54.6 Å². The fourth-order valence-corrected chi connectivity index (χ4v) is 5.56. The van der Waals surface area contributed by atoms with Crippen molar-refractivity contribution in [3.05, 3.63) is 65.9 Å². The van der Waals surface area contributed by atoms with Gasteiger partial charge >= 0.3 is 0 Å². The topological polar surface area (TPSA) is 59.7 Å². The molecular formula is C29H37ClN4O2. The van der Waals surface area contributed by atoms with Gasteiger partial charge in [0.2, 0.25) is 5.91 Å². The molecule has 2 amide bonds. The molecule has 0 spiro atoms. The minimum Gasteiger partial charge on any atom is -0.361 e. The molecule has 0 saturated carbocycles. The molecule has 0 unspecified atom stereocenters. The van der Waals surface area contributed by atoms with Crippen LogP contribution in [0.3, 0.4) is 0 Å². The number of hydrogen-bond donors (Lipinski definition) is 1. The van der Waals surface area contributed by atoms with Gasteiger partial charge in [0.25, 0.3) is 5.91 Å². The van der Waals surface area contributed by atoms with Crippen molar-refractivity contribution in [3.8, 4) is 0 Å². The number of hydrogen-bond acceptors (Lipinski definition) is 3. The normalized spacial score (nSPS) is 17.1. The molecule has 0 bridgehead atoms. The van der Waals surface area contributed by atoms with Gasteiger partial charge in [-0.1, -0.05) is 30.7 Å². The Hall–Kier alpha value is -2.83. The van der Waals surface area contributed by atoms with E-state index in [-0.39, 0.29) is 30.8 Å². The molecule has 1 N–H and O–H groups in total. The second-order valence-electron chi connectivity index (χ2n) is 10.1. The highest BCUT2D eigenvalue weighted by Crippen LogP contribution is 2.24. The number of carbonyl (C=O) groups excluding carboxylic acids is 2. The SMILES string of the molecule is Cc1c[nH]c2cc(C(=O)N(CC(=O)N3CCC(CN4CCCCC4)CC3)c3ccccc3)ccc12.Cl. The quantitative estimate of drug-likeness (QED) is 0.493. The van der Waals surface area contributed by atoms with Crippen molar-refractivity contribution in [2.24, 2.45) is 5.92 Å². The number of para-hydroxylation sites is 1. The van der Waals surface area contributed by atoms with Crippen molar-refractivity contribution in [2.45, 2.75) is 39.0 Å². The Balaban J connectivity index is 0.00000304. The maximum Gasteiger partial charge on any atom is 0.258 e. The summed E-state index contributed by atoms with van der Waals surface area (Å²) in [4.78, 5) is 36.4. The molecule has 3 heterocycles. The fraction of sp³-hybridized carbons (Fsp3) is 0.448. The van der Waals surface area contributed by atoms with E-state index in [1.54, 1.807) is 4.90 Å². The zero-order valence-electron chi connectivity index (χ0n) is 21.1. The molecule has 3 aromatic rings. The molecule has 0 atom stereocenters. The van der Waals surface area contributed by atoms with Gasteiger partial charge in [-0.2, -0.15) is 0 Å². The maximum absolute atomic E-state index is 13.6. The molecule has 0 radical (unpaired) electrons. The number of rotatable bonds is 6. The van der Waals surface area contributed by atoms with Gasteiger partial charge in [-0.15, -0.1) is 12.4 Å². The van der Waals surface area contributed by atoms with Crippen molar-refractivity contribution < 1.29 is 9.59 Å². The number of benzene rings is 2. The van der Waals surface area contributed by atoms with E-state index in [4.69, 9.17) is 0 Å². The molecule has 1 aromatic heterocycles. The monoisotopic (exact) mass is 508 g/mol. The second-order valence-corrected chi connectivity index (χ2v) is 10.1. The molecule has 192 valence electrons. The smallest absolute Gasteiger partial charge is 0.258 e. The van der Waals surface area contributed by atoms with Crippen molar-refractivity contribution in [3.63, 3.8) is 0 Å². The molecule has 5 rings (SSSR count). The van der Waals surface area contributed by atoms with Crippen LogP contribution in [-0.2, 0) is 4.79 Å². The Morgan fingerprint density at radius 1 is 0.972 bits per heavy atom. The van der Waals surface area contributed by atoms with Gasteiger partial charge in [-0.25, -0.2) is 0 Å². The number of carbonyl (C=O) groups is 2. The summed E-state index contributed by atoms with van der Waals surface area (Å²) in [5, 5.41) is 1.11. The molecule has 2 aliphatic heterocycles. The van der Waals surface area contributed by atoms with E-state index in [9.17, 15) is 9.59 Å². The zero-order valence-corrected chi connectivity index (χ0v) is 21.9. The number of nitrogens with zero attached hydrogens (tertiary/aromatic N) is 3. The molecular weight excluding hydrogens is 472 g/mol. The zero-order chi connectivity index (χ0) is 24.2. The number of amides is 2. The van der Waals surface area contributed by atoms with Crippen LogP contribution in [0.25, 0.3) is 10.9 Å². The van der Waals surface area contributed by atoms with Crippen molar-refractivity contribution >= 4 is 40.8 Å². The number of piperidine rings is 2. The van der Waals surface area contributed by atoms with Gasteiger partial charge in [0.05, 0.1) is 0 Å². The molecule has 0 aliphatic carbocycles. The van der Waals surface area contributed by atoms with Crippen molar-refractivity contribution in [2.75, 3.05) is 44.2 Å². The predicted octanol–water partition coefficient (Wildman–Crippen LogP) is 5.27. The summed E-state index contributed by atoms with van der Waals surface area (Å²) in [6.45, 7) is 7.27. The Morgan fingerprint density at radius 2 is 1.69 bits per heavy atom. The number of aromatic amines is 1. The van der Waals surface area contributed by atoms with Crippen LogP contribution in [0.5, 0.6) is 0 Å². The number of fused-ring (bicyclic) bond motifs is 1. The van der Waals surface area contributed by atoms with Gasteiger partial charge in [-0.3, -0.25) is 14.5 Å². The largest absolute Gasteiger partial charge is 0.361 e. The second kappa shape index (κ2) is 11.9. The number of halogens is 1. The summed E-state index contributed by atoms with van der Waals surface area (Å²) in [6, 6.07) is 15.3. The van der Waals surface area contributed by atoms with Crippen LogP contribution >= 0.6 is 12.4 Å². The molecule has 2 fully saturated rings. The van der Waals surface area contributed by atoms with Crippen LogP contribution in [0.1, 0.15) is 48.0 Å². The van der Waals surface area contributed by atoms with Crippen LogP contribution in [0.2, 0.25) is 0 Å². The number of likely N-dealkylation sites (tertiary alicyclic amines) is 2. The first kappa shape index (κ1) is 26.2. The van der Waals surface area contributed by atoms with Gasteiger partial charge in [0.1, 0.15) is 6.54 Å². The van der Waals surface area contributed by atoms with E-state index in [2.05, 4.69) is 9.88 Å². The summed E-state index contributed by atoms with van der Waals surface area (Å²) in [5.41, 5.74) is 3.41. The van der Waals surface area contributed by atoms with E-state index >= 15 is 0 Å². The Bertz CT molecular complexity index is 1160. The first-order valence-corrected chi connectivity index (χ1v) is 13.0. The Labute approximate surface area is 220 Å². The number of aromatic nitrogens is 1. The van der Waals surface area contributed by atoms with Crippen molar-refractivity contribution in [1.29, 1.82) is 0 Å². The lowest BCUT2D eigenvalue weighted by Crippen LogP contribution is -2.47. The highest BCUT2D eigenvalue weighted by Gasteiger charge is 2.28. The van der Waals surface area contributed by atoms with Crippen LogP contribution in [0, 0.1) is 12.8 Å². The number of H-pyrrole nitrogens is 1. The highest BCUT2D eigenvalue weighted by atomic mass is 35.5. The summed E-state index contributed by atoms with van der Waals surface area (Å²) in [5.74, 6) is 0.536. The highest BCUT2D eigenvalue weighted by molar-refractivity contribution is 6.10. The first-order chi connectivity index (χ1) is 17.1. The van der Waals surface area contributed by atoms with Crippen LogP contribution < -0.4 is 4.90 Å². The third-order valence-corrected chi connectivity index (χ3v) is 7.67. The molecule has 2 aliphatic rings. The van der Waals surface area contributed by atoms with E-state index in [1.165, 1.54) is 32.4 Å². The van der Waals surface area contributed by atoms with Crippen LogP contribution in [0.15, 0.2) is 54.7 Å². The average molecular weight is 509 g/mol. The first-order valence-electron chi connectivity index (χ1n) is 13.0. The molecule has 7 heteroatoms. The lowest BCUT2D eigenvalue weighted by molar-refractivity contribution is -0.131. The number of nitrogens with one attached hydrogen (secondary N) is 1. The lowest BCUT2D eigenvalue weighted by Gasteiger charge is -2.36. The van der Waals surface area contributed by atoms with Crippen LogP contribution in [-0.4, -0.2) is 65.9 Å². The third kappa shape index (κ3) is 5.93. The molecule has 2 aromatic carbocycles. The average Bonchev–Trinajstić information content (AvgIpc) is 3.28. The standard InChI is InChI=1S/C29H36N4O2.ClH/c1-22-19-30-27-18-24(10-11-26(22)27)29(35)33(25-8-4-2-5-9-25)21-28(34)32-16-12-23(13-17-32)20-31-14-6-3-7-15-31;/h2,4-5,8-11,18-19,23,30H,3,6-7,12-17,20-21H2,1H3;1H. The maximum atomic E-state index is 13.6. The van der Waals surface area contributed by atoms with Gasteiger partial charge in [-0.05, 0) is 81.4 Å². The molecule has 36 heavy (non-hydrogen) atoms.